The maximum atomic E-state index is 13.3. The summed E-state index contributed by atoms with van der Waals surface area (Å²) < 4.78 is 26.5. The molecule has 0 aliphatic carbocycles. The quantitative estimate of drug-likeness (QED) is 0.623. The molecule has 1 amide bonds. The topological polar surface area (TPSA) is 55.1 Å². The fourth-order valence-corrected chi connectivity index (χ4v) is 1.55. The van der Waals surface area contributed by atoms with Gasteiger partial charge in [-0.15, -0.1) is 0 Å². The fraction of sp³-hybridized carbons (Fsp3) is 0.417. The number of rotatable bonds is 2. The van der Waals surface area contributed by atoms with Gasteiger partial charge in [0.25, 0.3) is 0 Å². The lowest BCUT2D eigenvalue weighted by atomic mass is 9.87. The van der Waals surface area contributed by atoms with Crippen LogP contribution in [0.25, 0.3) is 0 Å². The van der Waals surface area contributed by atoms with Crippen molar-refractivity contribution in [2.45, 2.75) is 26.8 Å². The molecule has 18 heavy (non-hydrogen) atoms. The number of nitrogens with two attached hydrogens (primary N) is 1. The molecule has 100 valence electrons. The van der Waals surface area contributed by atoms with Crippen LogP contribution in [0, 0.1) is 20.6 Å². The Labute approximate surface area is 118 Å². The monoisotopic (exact) mass is 368 g/mol. The third-order valence-electron chi connectivity index (χ3n) is 2.47. The molecule has 1 atom stereocenters. The van der Waals surface area contributed by atoms with Crippen LogP contribution in [0.4, 0.5) is 14.5 Å². The lowest BCUT2D eigenvalue weighted by molar-refractivity contribution is -0.119. The van der Waals surface area contributed by atoms with Crippen LogP contribution in [0.15, 0.2) is 12.1 Å². The van der Waals surface area contributed by atoms with E-state index in [9.17, 15) is 13.6 Å². The van der Waals surface area contributed by atoms with Gasteiger partial charge in [-0.2, -0.15) is 0 Å². The molecule has 3 N–H and O–H groups in total. The standard InChI is InChI=1S/C12H15F2IN2O/c1-12(2,3)10(16)11(18)17-6-4-7(13)9(15)8(14)5-6/h4-5,10H,16H2,1-3H3,(H,17,18)/t10-/m1/s1. The second kappa shape index (κ2) is 5.48. The molecule has 0 fully saturated rings. The molecule has 1 aromatic carbocycles. The van der Waals surface area contributed by atoms with Gasteiger partial charge < -0.3 is 11.1 Å². The Morgan fingerprint density at radius 2 is 1.78 bits per heavy atom. The van der Waals surface area contributed by atoms with Crippen LogP contribution < -0.4 is 11.1 Å². The third-order valence-corrected chi connectivity index (χ3v) is 3.50. The number of nitrogens with one attached hydrogen (secondary N) is 1. The molecule has 0 aliphatic heterocycles. The van der Waals surface area contributed by atoms with Gasteiger partial charge in [0.2, 0.25) is 5.91 Å². The van der Waals surface area contributed by atoms with E-state index in [1.165, 1.54) is 0 Å². The van der Waals surface area contributed by atoms with Gasteiger partial charge in [-0.3, -0.25) is 4.79 Å². The zero-order valence-corrected chi connectivity index (χ0v) is 12.5. The summed E-state index contributed by atoms with van der Waals surface area (Å²) in [6.07, 6.45) is 0. The Hall–Kier alpha value is -0.760. The minimum absolute atomic E-state index is 0.0649. The van der Waals surface area contributed by atoms with Crippen molar-refractivity contribution in [2.75, 3.05) is 5.32 Å². The van der Waals surface area contributed by atoms with Crippen LogP contribution in [0.3, 0.4) is 0 Å². The van der Waals surface area contributed by atoms with Gasteiger partial charge >= 0.3 is 0 Å². The van der Waals surface area contributed by atoms with E-state index in [0.29, 0.717) is 0 Å². The highest BCUT2D eigenvalue weighted by Crippen LogP contribution is 2.22. The summed E-state index contributed by atoms with van der Waals surface area (Å²) in [5.74, 6) is -1.90. The minimum Gasteiger partial charge on any atom is -0.325 e. The van der Waals surface area contributed by atoms with Crippen molar-refractivity contribution in [3.63, 3.8) is 0 Å². The smallest absolute Gasteiger partial charge is 0.241 e. The zero-order chi connectivity index (χ0) is 14.1. The number of carbonyl (C=O) groups excluding carboxylic acids is 1. The molecule has 0 aliphatic rings. The first-order valence-electron chi connectivity index (χ1n) is 5.34. The molecule has 0 radical (unpaired) electrons. The minimum atomic E-state index is -0.761. The van der Waals surface area contributed by atoms with E-state index in [2.05, 4.69) is 5.32 Å². The Bertz CT molecular complexity index is 449. The van der Waals surface area contributed by atoms with Crippen LogP contribution in [-0.2, 0) is 4.79 Å². The summed E-state index contributed by atoms with van der Waals surface area (Å²) >= 11 is 1.56. The summed E-state index contributed by atoms with van der Waals surface area (Å²) in [4.78, 5) is 11.8. The van der Waals surface area contributed by atoms with Gasteiger partial charge in [0.1, 0.15) is 11.6 Å². The summed E-state index contributed by atoms with van der Waals surface area (Å²) in [5.41, 5.74) is 5.39. The summed E-state index contributed by atoms with van der Waals surface area (Å²) in [5, 5.41) is 2.41. The van der Waals surface area contributed by atoms with E-state index in [4.69, 9.17) is 5.73 Å². The Morgan fingerprint density at radius 3 is 2.17 bits per heavy atom. The molecule has 0 bridgehead atoms. The first-order valence-corrected chi connectivity index (χ1v) is 6.42. The van der Waals surface area contributed by atoms with Crippen molar-refractivity contribution in [3.05, 3.63) is 27.3 Å². The lowest BCUT2D eigenvalue weighted by Gasteiger charge is -2.25. The van der Waals surface area contributed by atoms with E-state index < -0.39 is 29.0 Å². The van der Waals surface area contributed by atoms with Crippen LogP contribution in [0.5, 0.6) is 0 Å². The second-order valence-electron chi connectivity index (χ2n) is 5.09. The number of anilines is 1. The molecule has 0 unspecified atom stereocenters. The maximum Gasteiger partial charge on any atom is 0.241 e. The van der Waals surface area contributed by atoms with Crippen LogP contribution >= 0.6 is 22.6 Å². The molecule has 0 aromatic heterocycles. The van der Waals surface area contributed by atoms with Crippen molar-refractivity contribution >= 4 is 34.2 Å². The first kappa shape index (κ1) is 15.3. The molecular weight excluding hydrogens is 353 g/mol. The van der Waals surface area contributed by atoms with E-state index >= 15 is 0 Å². The van der Waals surface area contributed by atoms with E-state index in [-0.39, 0.29) is 9.26 Å². The van der Waals surface area contributed by atoms with Crippen LogP contribution in [0.1, 0.15) is 20.8 Å². The number of benzene rings is 1. The Balaban J connectivity index is 2.90. The van der Waals surface area contributed by atoms with Gasteiger partial charge in [0.05, 0.1) is 9.61 Å². The van der Waals surface area contributed by atoms with Crippen LogP contribution in [0.2, 0.25) is 0 Å². The van der Waals surface area contributed by atoms with E-state index in [0.717, 1.165) is 12.1 Å². The average Bonchev–Trinajstić information content (AvgIpc) is 2.23. The average molecular weight is 368 g/mol. The first-order chi connectivity index (χ1) is 8.12. The molecular formula is C12H15F2IN2O. The molecule has 6 heteroatoms. The summed E-state index contributed by atoms with van der Waals surface area (Å²) in [7, 11) is 0. The summed E-state index contributed by atoms with van der Waals surface area (Å²) in [6.45, 7) is 5.44. The summed E-state index contributed by atoms with van der Waals surface area (Å²) in [6, 6.07) is 1.37. The SMILES string of the molecule is CC(C)(C)[C@H](N)C(=O)Nc1cc(F)c(I)c(F)c1. The highest BCUT2D eigenvalue weighted by Gasteiger charge is 2.27. The molecule has 1 rings (SSSR count). The molecule has 0 heterocycles. The number of hydrogen-bond acceptors (Lipinski definition) is 2. The number of halogens is 3. The largest absolute Gasteiger partial charge is 0.325 e. The highest BCUT2D eigenvalue weighted by molar-refractivity contribution is 14.1. The number of amides is 1. The fourth-order valence-electron chi connectivity index (χ4n) is 1.24. The Morgan fingerprint density at radius 1 is 1.33 bits per heavy atom. The van der Waals surface area contributed by atoms with E-state index in [1.54, 1.807) is 22.6 Å². The normalized spacial score (nSPS) is 13.3. The molecule has 0 spiro atoms. The van der Waals surface area contributed by atoms with Crippen LogP contribution in [-0.4, -0.2) is 11.9 Å². The number of carbonyl (C=O) groups is 1. The van der Waals surface area contributed by atoms with E-state index in [1.807, 2.05) is 20.8 Å². The van der Waals surface area contributed by atoms with Crippen molar-refractivity contribution in [1.82, 2.24) is 0 Å². The zero-order valence-electron chi connectivity index (χ0n) is 10.4. The Kier molecular flexibility index (Phi) is 4.66. The highest BCUT2D eigenvalue weighted by atomic mass is 127. The second-order valence-corrected chi connectivity index (χ2v) is 6.17. The molecule has 1 aromatic rings. The third kappa shape index (κ3) is 3.61. The molecule has 0 saturated heterocycles. The van der Waals surface area contributed by atoms with Gasteiger partial charge in [-0.1, -0.05) is 20.8 Å². The van der Waals surface area contributed by atoms with Gasteiger partial charge in [0.15, 0.2) is 0 Å². The van der Waals surface area contributed by atoms with Gasteiger partial charge in [0, 0.05) is 5.69 Å². The molecule has 3 nitrogen and oxygen atoms in total. The lowest BCUT2D eigenvalue weighted by Crippen LogP contribution is -2.45. The van der Waals surface area contributed by atoms with Gasteiger partial charge in [-0.05, 0) is 40.1 Å². The van der Waals surface area contributed by atoms with Gasteiger partial charge in [-0.25, -0.2) is 8.78 Å². The maximum absolute atomic E-state index is 13.3. The van der Waals surface area contributed by atoms with Crippen molar-refractivity contribution in [2.24, 2.45) is 11.1 Å². The van der Waals surface area contributed by atoms with Crippen molar-refractivity contribution < 1.29 is 13.6 Å². The molecule has 0 saturated carbocycles. The predicted molar refractivity (Wildman–Crippen MR) is 75.1 cm³/mol. The van der Waals surface area contributed by atoms with Crippen molar-refractivity contribution in [3.8, 4) is 0 Å². The predicted octanol–water partition coefficient (Wildman–Crippen LogP) is 2.88. The number of hydrogen-bond donors (Lipinski definition) is 2. The van der Waals surface area contributed by atoms with Crippen molar-refractivity contribution in [1.29, 1.82) is 0 Å².